The molecule has 1 aliphatic heterocycles. The van der Waals surface area contributed by atoms with Gasteiger partial charge in [0.2, 0.25) is 5.91 Å². The van der Waals surface area contributed by atoms with Crippen molar-refractivity contribution < 1.29 is 4.79 Å². The third kappa shape index (κ3) is 3.21. The van der Waals surface area contributed by atoms with E-state index in [1.54, 1.807) is 0 Å². The first-order chi connectivity index (χ1) is 9.52. The van der Waals surface area contributed by atoms with E-state index in [1.807, 2.05) is 4.90 Å². The van der Waals surface area contributed by atoms with E-state index < -0.39 is 0 Å². The standard InChI is InChI=1S/C17H26N2O/c1-5-16(18-12(2)3)17(20)19-11-15-9-7-6-8-14(15)10-13(19)4/h6-9,12-13,16,18H,5,10-11H2,1-4H3/t13-,16+/m1/s1. The van der Waals surface area contributed by atoms with Gasteiger partial charge in [-0.2, -0.15) is 0 Å². The summed E-state index contributed by atoms with van der Waals surface area (Å²) < 4.78 is 0. The Hall–Kier alpha value is -1.35. The smallest absolute Gasteiger partial charge is 0.240 e. The van der Waals surface area contributed by atoms with Gasteiger partial charge in [0.05, 0.1) is 6.04 Å². The molecule has 0 spiro atoms. The third-order valence-electron chi connectivity index (χ3n) is 4.03. The molecule has 0 fully saturated rings. The van der Waals surface area contributed by atoms with E-state index in [2.05, 4.69) is 57.3 Å². The molecule has 0 bridgehead atoms. The van der Waals surface area contributed by atoms with Crippen LogP contribution in [0, 0.1) is 0 Å². The Morgan fingerprint density at radius 1 is 1.35 bits per heavy atom. The summed E-state index contributed by atoms with van der Waals surface area (Å²) in [6.45, 7) is 9.14. The molecule has 0 aromatic heterocycles. The quantitative estimate of drug-likeness (QED) is 0.915. The van der Waals surface area contributed by atoms with Crippen LogP contribution in [0.4, 0.5) is 0 Å². The number of fused-ring (bicyclic) bond motifs is 1. The first kappa shape index (κ1) is 15.0. The predicted octanol–water partition coefficient (Wildman–Crippen LogP) is 2.74. The van der Waals surface area contributed by atoms with Gasteiger partial charge in [-0.25, -0.2) is 0 Å². The lowest BCUT2D eigenvalue weighted by Gasteiger charge is -2.37. The van der Waals surface area contributed by atoms with Gasteiger partial charge in [-0.05, 0) is 30.9 Å². The topological polar surface area (TPSA) is 32.3 Å². The van der Waals surface area contributed by atoms with Crippen LogP contribution in [0.2, 0.25) is 0 Å². The van der Waals surface area contributed by atoms with E-state index in [0.29, 0.717) is 6.04 Å². The van der Waals surface area contributed by atoms with Gasteiger partial charge < -0.3 is 10.2 Å². The maximum absolute atomic E-state index is 12.7. The lowest BCUT2D eigenvalue weighted by molar-refractivity contribution is -0.136. The highest BCUT2D eigenvalue weighted by molar-refractivity contribution is 5.82. The molecule has 0 unspecified atom stereocenters. The van der Waals surface area contributed by atoms with Gasteiger partial charge in [0.25, 0.3) is 0 Å². The number of rotatable bonds is 4. The Morgan fingerprint density at radius 2 is 2.00 bits per heavy atom. The minimum Gasteiger partial charge on any atom is -0.334 e. The molecule has 0 saturated heterocycles. The summed E-state index contributed by atoms with van der Waals surface area (Å²) in [6.07, 6.45) is 1.79. The molecule has 0 saturated carbocycles. The van der Waals surface area contributed by atoms with E-state index in [0.717, 1.165) is 19.4 Å². The second kappa shape index (κ2) is 6.40. The van der Waals surface area contributed by atoms with Crippen molar-refractivity contribution in [2.75, 3.05) is 0 Å². The zero-order valence-corrected chi connectivity index (χ0v) is 13.0. The molecule has 110 valence electrons. The van der Waals surface area contributed by atoms with Crippen LogP contribution >= 0.6 is 0 Å². The summed E-state index contributed by atoms with van der Waals surface area (Å²) >= 11 is 0. The normalized spacial score (nSPS) is 19.9. The molecule has 1 heterocycles. The number of benzene rings is 1. The molecule has 3 heteroatoms. The minimum atomic E-state index is -0.0669. The molecular weight excluding hydrogens is 248 g/mol. The SMILES string of the molecule is CC[C@H](NC(C)C)C(=O)N1Cc2ccccc2C[C@H]1C. The van der Waals surface area contributed by atoms with Crippen molar-refractivity contribution in [2.45, 2.75) is 65.2 Å². The van der Waals surface area contributed by atoms with Gasteiger partial charge >= 0.3 is 0 Å². The second-order valence-electron chi connectivity index (χ2n) is 6.07. The van der Waals surface area contributed by atoms with Crippen molar-refractivity contribution in [1.82, 2.24) is 10.2 Å². The summed E-state index contributed by atoms with van der Waals surface area (Å²) in [5, 5.41) is 3.38. The highest BCUT2D eigenvalue weighted by Gasteiger charge is 2.30. The maximum Gasteiger partial charge on any atom is 0.240 e. The number of carbonyl (C=O) groups excluding carboxylic acids is 1. The number of hydrogen-bond acceptors (Lipinski definition) is 2. The molecular formula is C17H26N2O. The van der Waals surface area contributed by atoms with Crippen molar-refractivity contribution in [1.29, 1.82) is 0 Å². The molecule has 1 aromatic rings. The van der Waals surface area contributed by atoms with E-state index in [1.165, 1.54) is 11.1 Å². The largest absolute Gasteiger partial charge is 0.334 e. The Bertz CT molecular complexity index is 470. The third-order valence-corrected chi connectivity index (χ3v) is 4.03. The fraction of sp³-hybridized carbons (Fsp3) is 0.588. The summed E-state index contributed by atoms with van der Waals surface area (Å²) in [7, 11) is 0. The number of nitrogens with zero attached hydrogens (tertiary/aromatic N) is 1. The average Bonchev–Trinajstić information content (AvgIpc) is 2.43. The van der Waals surface area contributed by atoms with Gasteiger partial charge in [-0.3, -0.25) is 4.79 Å². The Labute approximate surface area is 122 Å². The van der Waals surface area contributed by atoms with Gasteiger partial charge in [-0.1, -0.05) is 45.0 Å². The van der Waals surface area contributed by atoms with Crippen molar-refractivity contribution in [3.05, 3.63) is 35.4 Å². The molecule has 1 aromatic carbocycles. The zero-order valence-electron chi connectivity index (χ0n) is 13.0. The van der Waals surface area contributed by atoms with Crippen LogP contribution in [0.3, 0.4) is 0 Å². The van der Waals surface area contributed by atoms with Crippen LogP contribution in [-0.2, 0) is 17.8 Å². The van der Waals surface area contributed by atoms with Gasteiger partial charge in [-0.15, -0.1) is 0 Å². The van der Waals surface area contributed by atoms with Crippen LogP contribution in [0.25, 0.3) is 0 Å². The molecule has 1 N–H and O–H groups in total. The number of carbonyl (C=O) groups is 1. The number of nitrogens with one attached hydrogen (secondary N) is 1. The van der Waals surface area contributed by atoms with Gasteiger partial charge in [0, 0.05) is 18.6 Å². The molecule has 0 radical (unpaired) electrons. The summed E-state index contributed by atoms with van der Waals surface area (Å²) in [5.74, 6) is 0.239. The molecule has 1 aliphatic rings. The predicted molar refractivity (Wildman–Crippen MR) is 82.5 cm³/mol. The zero-order chi connectivity index (χ0) is 14.7. The van der Waals surface area contributed by atoms with E-state index in [4.69, 9.17) is 0 Å². The Balaban J connectivity index is 2.14. The Kier molecular flexibility index (Phi) is 4.81. The first-order valence-electron chi connectivity index (χ1n) is 7.66. The van der Waals surface area contributed by atoms with Crippen LogP contribution in [0.1, 0.15) is 45.2 Å². The van der Waals surface area contributed by atoms with Crippen molar-refractivity contribution in [3.63, 3.8) is 0 Å². The summed E-state index contributed by atoms with van der Waals surface area (Å²) in [6, 6.07) is 8.99. The molecule has 1 amide bonds. The fourth-order valence-electron chi connectivity index (χ4n) is 2.94. The lowest BCUT2D eigenvalue weighted by Crippen LogP contribution is -2.52. The molecule has 2 rings (SSSR count). The highest BCUT2D eigenvalue weighted by Crippen LogP contribution is 2.24. The molecule has 2 atom stereocenters. The summed E-state index contributed by atoms with van der Waals surface area (Å²) in [4.78, 5) is 14.8. The van der Waals surface area contributed by atoms with Crippen molar-refractivity contribution >= 4 is 5.91 Å². The highest BCUT2D eigenvalue weighted by atomic mass is 16.2. The monoisotopic (exact) mass is 274 g/mol. The molecule has 0 aliphatic carbocycles. The van der Waals surface area contributed by atoms with Gasteiger partial charge in [0.1, 0.15) is 0 Å². The minimum absolute atomic E-state index is 0.0669. The lowest BCUT2D eigenvalue weighted by atomic mass is 9.94. The van der Waals surface area contributed by atoms with Gasteiger partial charge in [0.15, 0.2) is 0 Å². The molecule has 20 heavy (non-hydrogen) atoms. The molecule has 3 nitrogen and oxygen atoms in total. The van der Waals surface area contributed by atoms with Crippen molar-refractivity contribution in [3.8, 4) is 0 Å². The fourth-order valence-corrected chi connectivity index (χ4v) is 2.94. The number of amides is 1. The maximum atomic E-state index is 12.7. The average molecular weight is 274 g/mol. The van der Waals surface area contributed by atoms with Crippen LogP contribution in [0.5, 0.6) is 0 Å². The van der Waals surface area contributed by atoms with Crippen LogP contribution < -0.4 is 5.32 Å². The van der Waals surface area contributed by atoms with Crippen molar-refractivity contribution in [2.24, 2.45) is 0 Å². The first-order valence-corrected chi connectivity index (χ1v) is 7.66. The Morgan fingerprint density at radius 3 is 2.60 bits per heavy atom. The number of hydrogen-bond donors (Lipinski definition) is 1. The van der Waals surface area contributed by atoms with E-state index in [9.17, 15) is 4.79 Å². The van der Waals surface area contributed by atoms with Crippen LogP contribution in [-0.4, -0.2) is 28.9 Å². The van der Waals surface area contributed by atoms with Crippen LogP contribution in [0.15, 0.2) is 24.3 Å². The summed E-state index contributed by atoms with van der Waals surface area (Å²) in [5.41, 5.74) is 2.67. The second-order valence-corrected chi connectivity index (χ2v) is 6.07. The van der Waals surface area contributed by atoms with E-state index in [-0.39, 0.29) is 18.0 Å². The van der Waals surface area contributed by atoms with E-state index >= 15 is 0 Å².